The predicted molar refractivity (Wildman–Crippen MR) is 77.3 cm³/mol. The van der Waals surface area contributed by atoms with Crippen molar-refractivity contribution in [2.45, 2.75) is 4.90 Å². The molecule has 0 aliphatic carbocycles. The van der Waals surface area contributed by atoms with Gasteiger partial charge in [-0.1, -0.05) is 11.6 Å². The molecule has 0 bridgehead atoms. The second-order valence-corrected chi connectivity index (χ2v) is 6.83. The van der Waals surface area contributed by atoms with Crippen LogP contribution >= 0.6 is 11.6 Å². The van der Waals surface area contributed by atoms with Crippen molar-refractivity contribution in [1.82, 2.24) is 14.7 Å². The fraction of sp³-hybridized carbons (Fsp3) is 0.417. The van der Waals surface area contributed by atoms with Crippen LogP contribution in [-0.2, 0) is 14.9 Å². The molecular weight excluding hydrogens is 318 g/mol. The molecule has 1 N–H and O–H groups in total. The summed E-state index contributed by atoms with van der Waals surface area (Å²) >= 11 is 5.76. The third-order valence-corrected chi connectivity index (χ3v) is 5.33. The van der Waals surface area contributed by atoms with Gasteiger partial charge in [-0.3, -0.25) is 4.84 Å². The summed E-state index contributed by atoms with van der Waals surface area (Å²) in [6, 6.07) is 5.65. The fourth-order valence-electron chi connectivity index (χ4n) is 2.04. The number of nitrogens with one attached hydrogen (secondary N) is 1. The molecule has 2 amide bonds. The van der Waals surface area contributed by atoms with Crippen LogP contribution in [0.15, 0.2) is 29.2 Å². The summed E-state index contributed by atoms with van der Waals surface area (Å²) < 4.78 is 26.2. The largest absolute Gasteiger partial charge is 0.341 e. The fourth-order valence-corrected chi connectivity index (χ4v) is 3.59. The second kappa shape index (κ2) is 6.61. The molecule has 1 aromatic carbocycles. The molecule has 1 aliphatic heterocycles. The van der Waals surface area contributed by atoms with Gasteiger partial charge in [0.15, 0.2) is 0 Å². The maximum Gasteiger partial charge on any atom is 0.341 e. The number of urea groups is 1. The highest BCUT2D eigenvalue weighted by atomic mass is 35.5. The van der Waals surface area contributed by atoms with Crippen LogP contribution in [0.4, 0.5) is 4.79 Å². The van der Waals surface area contributed by atoms with E-state index in [9.17, 15) is 13.2 Å². The molecular formula is C12H16ClN3O4S. The van der Waals surface area contributed by atoms with E-state index in [4.69, 9.17) is 11.6 Å². The zero-order chi connectivity index (χ0) is 15.5. The quantitative estimate of drug-likeness (QED) is 0.834. The summed E-state index contributed by atoms with van der Waals surface area (Å²) in [5.41, 5.74) is 2.21. The first-order chi connectivity index (χ1) is 9.95. The molecule has 7 nitrogen and oxygen atoms in total. The maximum absolute atomic E-state index is 12.4. The normalized spacial score (nSPS) is 16.8. The highest BCUT2D eigenvalue weighted by Gasteiger charge is 2.30. The van der Waals surface area contributed by atoms with E-state index in [-0.39, 0.29) is 24.0 Å². The Morgan fingerprint density at radius 1 is 1.19 bits per heavy atom. The van der Waals surface area contributed by atoms with Crippen LogP contribution < -0.4 is 5.48 Å². The lowest BCUT2D eigenvalue weighted by atomic mass is 10.4. The van der Waals surface area contributed by atoms with Crippen molar-refractivity contribution < 1.29 is 18.0 Å². The highest BCUT2D eigenvalue weighted by molar-refractivity contribution is 7.89. The molecule has 0 unspecified atom stereocenters. The molecule has 2 rings (SSSR count). The van der Waals surface area contributed by atoms with Gasteiger partial charge in [-0.15, -0.1) is 0 Å². The van der Waals surface area contributed by atoms with Crippen LogP contribution in [0.2, 0.25) is 5.02 Å². The van der Waals surface area contributed by atoms with Gasteiger partial charge in [0, 0.05) is 31.2 Å². The number of halogens is 1. The number of hydrogen-bond acceptors (Lipinski definition) is 4. The maximum atomic E-state index is 12.4. The number of nitrogens with zero attached hydrogens (tertiary/aromatic N) is 2. The van der Waals surface area contributed by atoms with E-state index in [0.717, 1.165) is 0 Å². The summed E-state index contributed by atoms with van der Waals surface area (Å²) in [4.78, 5) is 17.8. The topological polar surface area (TPSA) is 79.0 Å². The SMILES string of the molecule is CONC(=O)N1CCN(S(=O)(=O)c2ccc(Cl)cc2)CC1. The van der Waals surface area contributed by atoms with Gasteiger partial charge in [0.05, 0.1) is 12.0 Å². The lowest BCUT2D eigenvalue weighted by Crippen LogP contribution is -2.52. The second-order valence-electron chi connectivity index (χ2n) is 4.46. The minimum Gasteiger partial charge on any atom is -0.320 e. The van der Waals surface area contributed by atoms with Gasteiger partial charge >= 0.3 is 6.03 Å². The number of sulfonamides is 1. The van der Waals surface area contributed by atoms with E-state index in [1.54, 1.807) is 0 Å². The first kappa shape index (κ1) is 16.0. The molecule has 1 aromatic rings. The van der Waals surface area contributed by atoms with Crippen molar-refractivity contribution in [2.24, 2.45) is 0 Å². The van der Waals surface area contributed by atoms with Crippen LogP contribution in [0, 0.1) is 0 Å². The summed E-state index contributed by atoms with van der Waals surface area (Å²) in [5, 5.41) is 0.481. The Kier molecular flexibility index (Phi) is 5.04. The summed E-state index contributed by atoms with van der Waals surface area (Å²) in [6.07, 6.45) is 0. The van der Waals surface area contributed by atoms with E-state index in [1.807, 2.05) is 0 Å². The van der Waals surface area contributed by atoms with Crippen molar-refractivity contribution in [2.75, 3.05) is 33.3 Å². The molecule has 1 aliphatic rings. The number of carbonyl (C=O) groups excluding carboxylic acids is 1. The predicted octanol–water partition coefficient (Wildman–Crippen LogP) is 0.917. The van der Waals surface area contributed by atoms with Crippen molar-refractivity contribution in [3.63, 3.8) is 0 Å². The van der Waals surface area contributed by atoms with Crippen molar-refractivity contribution in [3.8, 4) is 0 Å². The monoisotopic (exact) mass is 333 g/mol. The molecule has 0 atom stereocenters. The van der Waals surface area contributed by atoms with Crippen molar-refractivity contribution in [3.05, 3.63) is 29.3 Å². The molecule has 0 spiro atoms. The van der Waals surface area contributed by atoms with Gasteiger partial charge in [-0.2, -0.15) is 4.31 Å². The Hall–Kier alpha value is -1.35. The molecule has 0 saturated carbocycles. The van der Waals surface area contributed by atoms with Gasteiger partial charge in [-0.05, 0) is 24.3 Å². The molecule has 0 aromatic heterocycles. The number of hydroxylamine groups is 1. The number of hydrogen-bond donors (Lipinski definition) is 1. The molecule has 1 fully saturated rings. The minimum atomic E-state index is -3.56. The molecule has 0 radical (unpaired) electrons. The first-order valence-electron chi connectivity index (χ1n) is 6.29. The third kappa shape index (κ3) is 3.65. The zero-order valence-corrected chi connectivity index (χ0v) is 13.0. The average Bonchev–Trinajstić information content (AvgIpc) is 2.48. The zero-order valence-electron chi connectivity index (χ0n) is 11.5. The number of piperazine rings is 1. The molecule has 1 saturated heterocycles. The van der Waals surface area contributed by atoms with Crippen LogP contribution in [0.25, 0.3) is 0 Å². The van der Waals surface area contributed by atoms with Crippen molar-refractivity contribution in [1.29, 1.82) is 0 Å². The number of carbonyl (C=O) groups is 1. The van der Waals surface area contributed by atoms with Gasteiger partial charge in [-0.25, -0.2) is 18.7 Å². The Bertz CT molecular complexity index is 597. The first-order valence-corrected chi connectivity index (χ1v) is 8.10. The number of amides is 2. The highest BCUT2D eigenvalue weighted by Crippen LogP contribution is 2.19. The Morgan fingerprint density at radius 3 is 2.29 bits per heavy atom. The van der Waals surface area contributed by atoms with Crippen LogP contribution in [0.3, 0.4) is 0 Å². The van der Waals surface area contributed by atoms with Gasteiger partial charge < -0.3 is 4.90 Å². The lowest BCUT2D eigenvalue weighted by molar-refractivity contribution is 0.0800. The summed E-state index contributed by atoms with van der Waals surface area (Å²) in [6.45, 7) is 1.09. The van der Waals surface area contributed by atoms with Crippen LogP contribution in [0.1, 0.15) is 0 Å². The Labute approximate surface area is 128 Å². The number of benzene rings is 1. The van der Waals surface area contributed by atoms with Gasteiger partial charge in [0.25, 0.3) is 0 Å². The van der Waals surface area contributed by atoms with Crippen LogP contribution in [-0.4, -0.2) is 56.9 Å². The lowest BCUT2D eigenvalue weighted by Gasteiger charge is -2.33. The minimum absolute atomic E-state index is 0.196. The van der Waals surface area contributed by atoms with Gasteiger partial charge in [0.1, 0.15) is 0 Å². The van der Waals surface area contributed by atoms with Crippen molar-refractivity contribution >= 4 is 27.7 Å². The molecule has 21 heavy (non-hydrogen) atoms. The molecule has 9 heteroatoms. The van der Waals surface area contributed by atoms with E-state index in [0.29, 0.717) is 18.1 Å². The average molecular weight is 334 g/mol. The Morgan fingerprint density at radius 2 is 1.76 bits per heavy atom. The van der Waals surface area contributed by atoms with E-state index >= 15 is 0 Å². The third-order valence-electron chi connectivity index (χ3n) is 3.17. The molecule has 116 valence electrons. The van der Waals surface area contributed by atoms with Gasteiger partial charge in [0.2, 0.25) is 10.0 Å². The molecule has 1 heterocycles. The Balaban J connectivity index is 2.04. The van der Waals surface area contributed by atoms with E-state index < -0.39 is 10.0 Å². The smallest absolute Gasteiger partial charge is 0.320 e. The van der Waals surface area contributed by atoms with Crippen LogP contribution in [0.5, 0.6) is 0 Å². The number of rotatable bonds is 3. The summed E-state index contributed by atoms with van der Waals surface area (Å²) in [5.74, 6) is 0. The van der Waals surface area contributed by atoms with E-state index in [1.165, 1.54) is 40.6 Å². The van der Waals surface area contributed by atoms with E-state index in [2.05, 4.69) is 10.3 Å². The standard InChI is InChI=1S/C12H16ClN3O4S/c1-20-14-12(17)15-6-8-16(9-7-15)21(18,19)11-4-2-10(13)3-5-11/h2-5H,6-9H2,1H3,(H,14,17). The summed E-state index contributed by atoms with van der Waals surface area (Å²) in [7, 11) is -2.21.